The molecule has 0 saturated carbocycles. The minimum Gasteiger partial charge on any atom is -0.389 e. The van der Waals surface area contributed by atoms with E-state index in [9.17, 15) is 5.11 Å². The highest BCUT2D eigenvalue weighted by atomic mass is 35.5. The van der Waals surface area contributed by atoms with E-state index in [1.807, 2.05) is 51.2 Å². The van der Waals surface area contributed by atoms with Crippen LogP contribution in [0.15, 0.2) is 30.3 Å². The fraction of sp³-hybridized carbons (Fsp3) is 0.400. The fourth-order valence-electron chi connectivity index (χ4n) is 2.33. The van der Waals surface area contributed by atoms with E-state index in [1.165, 1.54) is 0 Å². The average molecular weight is 279 g/mol. The van der Waals surface area contributed by atoms with E-state index in [0.717, 1.165) is 17.0 Å². The van der Waals surface area contributed by atoms with Crippen molar-refractivity contribution in [3.05, 3.63) is 52.3 Å². The number of aliphatic hydroxyl groups is 1. The van der Waals surface area contributed by atoms with Gasteiger partial charge in [-0.3, -0.25) is 4.68 Å². The van der Waals surface area contributed by atoms with E-state index in [1.54, 1.807) is 4.68 Å². The summed E-state index contributed by atoms with van der Waals surface area (Å²) in [6.07, 6.45) is 1.08. The third-order valence-corrected chi connectivity index (χ3v) is 3.73. The first-order chi connectivity index (χ1) is 8.89. The van der Waals surface area contributed by atoms with Crippen molar-refractivity contribution in [3.63, 3.8) is 0 Å². The topological polar surface area (TPSA) is 38.0 Å². The molecule has 0 radical (unpaired) electrons. The van der Waals surface area contributed by atoms with Gasteiger partial charge in [0.05, 0.1) is 22.0 Å². The van der Waals surface area contributed by atoms with Crippen molar-refractivity contribution in [2.45, 2.75) is 32.3 Å². The number of benzene rings is 1. The van der Waals surface area contributed by atoms with Crippen LogP contribution in [0.4, 0.5) is 0 Å². The van der Waals surface area contributed by atoms with E-state index in [-0.39, 0.29) is 0 Å². The van der Waals surface area contributed by atoms with Crippen LogP contribution in [0.5, 0.6) is 0 Å². The average Bonchev–Trinajstić information content (AvgIpc) is 2.56. The summed E-state index contributed by atoms with van der Waals surface area (Å²) in [7, 11) is 1.85. The van der Waals surface area contributed by atoms with Crippen LogP contribution in [0.25, 0.3) is 0 Å². The van der Waals surface area contributed by atoms with Crippen LogP contribution in [0.2, 0.25) is 5.02 Å². The number of nitrogens with zero attached hydrogens (tertiary/aromatic N) is 2. The third kappa shape index (κ3) is 3.37. The highest BCUT2D eigenvalue weighted by Gasteiger charge is 2.25. The maximum absolute atomic E-state index is 10.6. The van der Waals surface area contributed by atoms with Gasteiger partial charge < -0.3 is 5.11 Å². The summed E-state index contributed by atoms with van der Waals surface area (Å²) < 4.78 is 1.75. The zero-order chi connectivity index (χ0) is 14.0. The Labute approximate surface area is 118 Å². The molecule has 2 aromatic rings. The number of hydrogen-bond acceptors (Lipinski definition) is 2. The van der Waals surface area contributed by atoms with Crippen molar-refractivity contribution < 1.29 is 5.11 Å². The van der Waals surface area contributed by atoms with E-state index in [0.29, 0.717) is 17.9 Å². The van der Waals surface area contributed by atoms with Gasteiger partial charge in [0.15, 0.2) is 0 Å². The number of hydrogen-bond donors (Lipinski definition) is 1. The molecule has 0 fully saturated rings. The Kier molecular flexibility index (Phi) is 3.97. The van der Waals surface area contributed by atoms with Gasteiger partial charge >= 0.3 is 0 Å². The molecule has 0 bridgehead atoms. The van der Waals surface area contributed by atoms with Crippen LogP contribution in [-0.2, 0) is 19.9 Å². The number of aromatic nitrogens is 2. The molecule has 19 heavy (non-hydrogen) atoms. The van der Waals surface area contributed by atoms with Gasteiger partial charge in [-0.15, -0.1) is 0 Å². The van der Waals surface area contributed by atoms with E-state index in [2.05, 4.69) is 5.10 Å². The summed E-state index contributed by atoms with van der Waals surface area (Å²) in [5.74, 6) is 0. The monoisotopic (exact) mass is 278 g/mol. The molecule has 0 saturated heterocycles. The molecule has 0 amide bonds. The van der Waals surface area contributed by atoms with Crippen LogP contribution in [0.1, 0.15) is 23.9 Å². The molecule has 1 N–H and O–H groups in total. The van der Waals surface area contributed by atoms with Crippen LogP contribution >= 0.6 is 11.6 Å². The molecular formula is C15H19ClN2O. The van der Waals surface area contributed by atoms with E-state index >= 15 is 0 Å². The van der Waals surface area contributed by atoms with Gasteiger partial charge in [-0.05, 0) is 19.4 Å². The van der Waals surface area contributed by atoms with Gasteiger partial charge in [-0.1, -0.05) is 41.9 Å². The second kappa shape index (κ2) is 5.35. The van der Waals surface area contributed by atoms with Gasteiger partial charge in [0.25, 0.3) is 0 Å². The lowest BCUT2D eigenvalue weighted by atomic mass is 9.92. The first-order valence-corrected chi connectivity index (χ1v) is 6.71. The molecule has 0 aliphatic heterocycles. The normalized spacial score (nSPS) is 14.4. The molecule has 1 aromatic heterocycles. The fourth-order valence-corrected chi connectivity index (χ4v) is 2.56. The molecule has 2 rings (SSSR count). The number of aryl methyl sites for hydroxylation is 2. The van der Waals surface area contributed by atoms with Gasteiger partial charge in [-0.25, -0.2) is 0 Å². The Hall–Kier alpha value is -1.32. The summed E-state index contributed by atoms with van der Waals surface area (Å²) in [4.78, 5) is 0. The SMILES string of the molecule is Cc1nn(C)c(CC(C)(O)Cc2ccccc2)c1Cl. The van der Waals surface area contributed by atoms with Crippen LogP contribution in [-0.4, -0.2) is 20.5 Å². The first-order valence-electron chi connectivity index (χ1n) is 6.33. The Morgan fingerprint density at radius 2 is 1.89 bits per heavy atom. The second-order valence-corrected chi connectivity index (χ2v) is 5.68. The lowest BCUT2D eigenvalue weighted by Crippen LogP contribution is -2.31. The van der Waals surface area contributed by atoms with Gasteiger partial charge in [0, 0.05) is 19.9 Å². The van der Waals surface area contributed by atoms with Crippen molar-refractivity contribution in [1.82, 2.24) is 9.78 Å². The summed E-state index contributed by atoms with van der Waals surface area (Å²) in [5, 5.41) is 15.5. The molecule has 1 aromatic carbocycles. The van der Waals surface area contributed by atoms with Gasteiger partial charge in [0.1, 0.15) is 0 Å². The molecule has 1 atom stereocenters. The van der Waals surface area contributed by atoms with Gasteiger partial charge in [-0.2, -0.15) is 5.10 Å². The highest BCUT2D eigenvalue weighted by Crippen LogP contribution is 2.25. The van der Waals surface area contributed by atoms with Gasteiger partial charge in [0.2, 0.25) is 0 Å². The van der Waals surface area contributed by atoms with Crippen LogP contribution < -0.4 is 0 Å². The third-order valence-electron chi connectivity index (χ3n) is 3.24. The summed E-state index contributed by atoms with van der Waals surface area (Å²) in [6.45, 7) is 3.70. The zero-order valence-electron chi connectivity index (χ0n) is 11.5. The molecule has 4 heteroatoms. The predicted molar refractivity (Wildman–Crippen MR) is 77.4 cm³/mol. The Morgan fingerprint density at radius 1 is 1.26 bits per heavy atom. The standard InChI is InChI=1S/C15H19ClN2O/c1-11-14(16)13(18(3)17-11)10-15(2,19)9-12-7-5-4-6-8-12/h4-8,19H,9-10H2,1-3H3. The number of rotatable bonds is 4. The second-order valence-electron chi connectivity index (χ2n) is 5.31. The Morgan fingerprint density at radius 3 is 2.42 bits per heavy atom. The van der Waals surface area contributed by atoms with Crippen molar-refractivity contribution in [2.24, 2.45) is 7.05 Å². The lowest BCUT2D eigenvalue weighted by Gasteiger charge is -2.23. The molecule has 0 aliphatic carbocycles. The molecule has 1 unspecified atom stereocenters. The molecule has 1 heterocycles. The quantitative estimate of drug-likeness (QED) is 0.934. The van der Waals surface area contributed by atoms with Crippen molar-refractivity contribution in [1.29, 1.82) is 0 Å². The van der Waals surface area contributed by atoms with E-state index in [4.69, 9.17) is 11.6 Å². The minimum absolute atomic E-state index is 0.484. The highest BCUT2D eigenvalue weighted by molar-refractivity contribution is 6.31. The molecule has 0 aliphatic rings. The smallest absolute Gasteiger partial charge is 0.0848 e. The summed E-state index contributed by atoms with van der Waals surface area (Å²) >= 11 is 6.23. The maximum Gasteiger partial charge on any atom is 0.0848 e. The summed E-state index contributed by atoms with van der Waals surface area (Å²) in [5.41, 5.74) is 1.95. The lowest BCUT2D eigenvalue weighted by molar-refractivity contribution is 0.0589. The van der Waals surface area contributed by atoms with Crippen molar-refractivity contribution >= 4 is 11.6 Å². The Balaban J connectivity index is 2.17. The van der Waals surface area contributed by atoms with E-state index < -0.39 is 5.60 Å². The largest absolute Gasteiger partial charge is 0.389 e. The number of halogens is 1. The Bertz CT molecular complexity index is 561. The molecule has 102 valence electrons. The maximum atomic E-state index is 10.6. The summed E-state index contributed by atoms with van der Waals surface area (Å²) in [6, 6.07) is 9.97. The molecule has 3 nitrogen and oxygen atoms in total. The molecule has 0 spiro atoms. The first kappa shape index (κ1) is 14.1. The van der Waals surface area contributed by atoms with Crippen LogP contribution in [0.3, 0.4) is 0 Å². The minimum atomic E-state index is -0.842. The van der Waals surface area contributed by atoms with Crippen LogP contribution in [0, 0.1) is 6.92 Å². The van der Waals surface area contributed by atoms with Crippen molar-refractivity contribution in [3.8, 4) is 0 Å². The zero-order valence-corrected chi connectivity index (χ0v) is 12.3. The van der Waals surface area contributed by atoms with Crippen molar-refractivity contribution in [2.75, 3.05) is 0 Å². The molecular weight excluding hydrogens is 260 g/mol. The predicted octanol–water partition coefficient (Wildman–Crippen LogP) is 2.92.